The molecule has 29 heavy (non-hydrogen) atoms. The minimum atomic E-state index is 0.0189. The molecule has 8 nitrogen and oxygen atoms in total. The number of rotatable bonds is 5. The third-order valence-corrected chi connectivity index (χ3v) is 5.16. The highest BCUT2D eigenvalue weighted by atomic mass is 32.1. The number of nitrogens with zero attached hydrogens (tertiary/aromatic N) is 4. The summed E-state index contributed by atoms with van der Waals surface area (Å²) in [6, 6.07) is 9.23. The van der Waals surface area contributed by atoms with E-state index in [9.17, 15) is 5.11 Å². The molecule has 0 aliphatic rings. The lowest BCUT2D eigenvalue weighted by Gasteiger charge is -2.12. The van der Waals surface area contributed by atoms with Gasteiger partial charge in [0.05, 0.1) is 39.3 Å². The number of nitrogens with one attached hydrogen (secondary N) is 1. The summed E-state index contributed by atoms with van der Waals surface area (Å²) in [5, 5.41) is 14.5. The zero-order chi connectivity index (χ0) is 20.4. The Balaban J connectivity index is 1.80. The van der Waals surface area contributed by atoms with Crippen molar-refractivity contribution in [2.75, 3.05) is 19.5 Å². The fourth-order valence-electron chi connectivity index (χ4n) is 3.01. The fourth-order valence-corrected chi connectivity index (χ4v) is 3.73. The van der Waals surface area contributed by atoms with Gasteiger partial charge >= 0.3 is 0 Å². The number of hydrogen-bond acceptors (Lipinski definition) is 9. The average Bonchev–Trinajstić information content (AvgIpc) is 3.19. The number of aromatic nitrogens is 3. The maximum Gasteiger partial charge on any atom is 0.193 e. The Hall–Kier alpha value is -3.72. The molecule has 0 aliphatic heterocycles. The van der Waals surface area contributed by atoms with Gasteiger partial charge < -0.3 is 20.9 Å². The Morgan fingerprint density at radius 2 is 2.07 bits per heavy atom. The van der Waals surface area contributed by atoms with E-state index in [2.05, 4.69) is 25.3 Å². The van der Waals surface area contributed by atoms with Gasteiger partial charge in [-0.25, -0.2) is 15.0 Å². The van der Waals surface area contributed by atoms with Gasteiger partial charge in [0.25, 0.3) is 0 Å². The number of aromatic hydroxyl groups is 1. The van der Waals surface area contributed by atoms with Crippen LogP contribution in [-0.4, -0.2) is 40.4 Å². The lowest BCUT2D eigenvalue weighted by molar-refractivity contribution is 0.290. The van der Waals surface area contributed by atoms with E-state index in [4.69, 9.17) is 10.5 Å². The van der Waals surface area contributed by atoms with Crippen LogP contribution in [0.5, 0.6) is 5.75 Å². The lowest BCUT2D eigenvalue weighted by atomic mass is 10.0. The van der Waals surface area contributed by atoms with Crippen LogP contribution in [0.15, 0.2) is 53.0 Å². The van der Waals surface area contributed by atoms with Gasteiger partial charge in [0, 0.05) is 18.9 Å². The number of hydrogen-bond donors (Lipinski definition) is 3. The standard InChI is InChI=1S/C20H18N6O2S/c1-22-8-13(19(21)28-2)11-5-15-18(16(27)6-11)20(24-9-23-15)26-12-3-4-14-17(7-12)29-10-25-14/h3-10,27H,21H2,1-2H3,(H,23,24,26)/b19-13-,22-8?. The number of anilines is 2. The minimum Gasteiger partial charge on any atom is -0.507 e. The van der Waals surface area contributed by atoms with E-state index >= 15 is 0 Å². The highest BCUT2D eigenvalue weighted by molar-refractivity contribution is 7.16. The molecule has 0 saturated heterocycles. The zero-order valence-electron chi connectivity index (χ0n) is 15.7. The number of benzene rings is 2. The first-order valence-corrected chi connectivity index (χ1v) is 9.53. The monoisotopic (exact) mass is 406 g/mol. The number of fused-ring (bicyclic) bond motifs is 2. The van der Waals surface area contributed by atoms with Crippen LogP contribution in [0.3, 0.4) is 0 Å². The van der Waals surface area contributed by atoms with Crippen molar-refractivity contribution in [3.63, 3.8) is 0 Å². The highest BCUT2D eigenvalue weighted by Gasteiger charge is 2.14. The molecule has 2 heterocycles. The summed E-state index contributed by atoms with van der Waals surface area (Å²) in [6.45, 7) is 0. The van der Waals surface area contributed by atoms with Crippen LogP contribution in [0.2, 0.25) is 0 Å². The SMILES string of the molecule is CN=C/C(=C(\N)OC)c1cc(O)c2c(Nc3ccc4ncsc4c3)ncnc2c1. The van der Waals surface area contributed by atoms with Crippen LogP contribution < -0.4 is 11.1 Å². The van der Waals surface area contributed by atoms with Crippen LogP contribution >= 0.6 is 11.3 Å². The van der Waals surface area contributed by atoms with Gasteiger partial charge in [0.2, 0.25) is 0 Å². The van der Waals surface area contributed by atoms with Crippen molar-refractivity contribution in [2.24, 2.45) is 10.7 Å². The Morgan fingerprint density at radius 3 is 2.86 bits per heavy atom. The Morgan fingerprint density at radius 1 is 1.21 bits per heavy atom. The van der Waals surface area contributed by atoms with E-state index < -0.39 is 0 Å². The molecule has 146 valence electrons. The molecule has 0 spiro atoms. The Bertz CT molecular complexity index is 1260. The largest absolute Gasteiger partial charge is 0.507 e. The number of nitrogens with two attached hydrogens (primary N) is 1. The normalized spacial score (nSPS) is 12.5. The second-order valence-corrected chi connectivity index (χ2v) is 7.03. The molecule has 9 heteroatoms. The maximum atomic E-state index is 10.7. The van der Waals surface area contributed by atoms with Crippen molar-refractivity contribution in [3.05, 3.63) is 53.6 Å². The average molecular weight is 406 g/mol. The van der Waals surface area contributed by atoms with Gasteiger partial charge in [-0.3, -0.25) is 4.99 Å². The summed E-state index contributed by atoms with van der Waals surface area (Å²) in [5.74, 6) is 0.710. The molecule has 4 N–H and O–H groups in total. The van der Waals surface area contributed by atoms with Crippen LogP contribution in [0.25, 0.3) is 26.7 Å². The number of phenols is 1. The van der Waals surface area contributed by atoms with Gasteiger partial charge in [-0.15, -0.1) is 11.3 Å². The van der Waals surface area contributed by atoms with Gasteiger partial charge in [-0.1, -0.05) is 0 Å². The molecular formula is C20H18N6O2S. The zero-order valence-corrected chi connectivity index (χ0v) is 16.6. The molecule has 0 unspecified atom stereocenters. The van der Waals surface area contributed by atoms with Crippen LogP contribution in [-0.2, 0) is 4.74 Å². The Kier molecular flexibility index (Phi) is 4.96. The summed E-state index contributed by atoms with van der Waals surface area (Å²) in [7, 11) is 3.11. The fraction of sp³-hybridized carbons (Fsp3) is 0.100. The molecule has 4 aromatic rings. The molecule has 0 aliphatic carbocycles. The molecule has 0 amide bonds. The second kappa shape index (κ2) is 7.72. The molecule has 0 saturated carbocycles. The molecule has 0 bridgehead atoms. The van der Waals surface area contributed by atoms with Crippen molar-refractivity contribution in [2.45, 2.75) is 0 Å². The van der Waals surface area contributed by atoms with Gasteiger partial charge in [-0.2, -0.15) is 0 Å². The number of ether oxygens (including phenoxy) is 1. The van der Waals surface area contributed by atoms with Gasteiger partial charge in [0.15, 0.2) is 5.88 Å². The van der Waals surface area contributed by atoms with Crippen molar-refractivity contribution in [3.8, 4) is 5.75 Å². The second-order valence-electron chi connectivity index (χ2n) is 6.14. The molecule has 0 atom stereocenters. The van der Waals surface area contributed by atoms with E-state index in [0.29, 0.717) is 27.9 Å². The summed E-state index contributed by atoms with van der Waals surface area (Å²) in [5.41, 5.74) is 11.3. The molecule has 0 radical (unpaired) electrons. The van der Waals surface area contributed by atoms with Crippen LogP contribution in [0, 0.1) is 0 Å². The van der Waals surface area contributed by atoms with E-state index in [1.54, 1.807) is 42.2 Å². The molecule has 2 aromatic heterocycles. The first kappa shape index (κ1) is 18.6. The maximum absolute atomic E-state index is 10.7. The highest BCUT2D eigenvalue weighted by Crippen LogP contribution is 2.34. The van der Waals surface area contributed by atoms with Crippen molar-refractivity contribution < 1.29 is 9.84 Å². The predicted molar refractivity (Wildman–Crippen MR) is 117 cm³/mol. The number of thiazole rings is 1. The van der Waals surface area contributed by atoms with E-state index in [0.717, 1.165) is 15.9 Å². The summed E-state index contributed by atoms with van der Waals surface area (Å²) in [4.78, 5) is 16.9. The van der Waals surface area contributed by atoms with Crippen LogP contribution in [0.4, 0.5) is 11.5 Å². The van der Waals surface area contributed by atoms with Gasteiger partial charge in [0.1, 0.15) is 17.9 Å². The molecular weight excluding hydrogens is 388 g/mol. The lowest BCUT2D eigenvalue weighted by Crippen LogP contribution is -2.05. The molecule has 2 aromatic carbocycles. The number of phenolic OH excluding ortho intramolecular Hbond substituents is 1. The van der Waals surface area contributed by atoms with E-state index in [1.807, 2.05) is 18.2 Å². The first-order valence-electron chi connectivity index (χ1n) is 8.65. The molecule has 4 rings (SSSR count). The van der Waals surface area contributed by atoms with Crippen molar-refractivity contribution >= 4 is 55.7 Å². The number of methoxy groups -OCH3 is 1. The van der Waals surface area contributed by atoms with Gasteiger partial charge in [-0.05, 0) is 35.9 Å². The molecule has 0 fully saturated rings. The predicted octanol–water partition coefficient (Wildman–Crippen LogP) is 3.66. The quantitative estimate of drug-likeness (QED) is 0.342. The summed E-state index contributed by atoms with van der Waals surface area (Å²) < 4.78 is 6.20. The first-order chi connectivity index (χ1) is 14.1. The third-order valence-electron chi connectivity index (χ3n) is 4.37. The number of aliphatic imine (C=N–C) groups is 1. The smallest absolute Gasteiger partial charge is 0.193 e. The summed E-state index contributed by atoms with van der Waals surface area (Å²) >= 11 is 1.56. The van der Waals surface area contributed by atoms with Crippen molar-refractivity contribution in [1.29, 1.82) is 0 Å². The summed E-state index contributed by atoms with van der Waals surface area (Å²) in [6.07, 6.45) is 3.01. The third kappa shape index (κ3) is 3.55. The van der Waals surface area contributed by atoms with Crippen LogP contribution in [0.1, 0.15) is 5.56 Å². The Labute approximate surface area is 170 Å². The van der Waals surface area contributed by atoms with E-state index in [1.165, 1.54) is 13.4 Å². The van der Waals surface area contributed by atoms with E-state index in [-0.39, 0.29) is 11.6 Å². The number of allylic oxidation sites excluding steroid dienone is 1. The minimum absolute atomic E-state index is 0.0189. The topological polar surface area (TPSA) is 119 Å². The van der Waals surface area contributed by atoms with Crippen molar-refractivity contribution in [1.82, 2.24) is 15.0 Å².